The molecule has 0 aromatic rings. The first-order valence-electron chi connectivity index (χ1n) is 7.38. The summed E-state index contributed by atoms with van der Waals surface area (Å²) in [4.78, 5) is 22.7. The van der Waals surface area contributed by atoms with Crippen LogP contribution in [0.3, 0.4) is 0 Å². The van der Waals surface area contributed by atoms with Gasteiger partial charge in [-0.1, -0.05) is 46.0 Å². The lowest BCUT2D eigenvalue weighted by atomic mass is 9.96. The molecule has 0 bridgehead atoms. The maximum absolute atomic E-state index is 12.0. The van der Waals surface area contributed by atoms with E-state index in [4.69, 9.17) is 9.47 Å². The molecule has 1 unspecified atom stereocenters. The van der Waals surface area contributed by atoms with E-state index < -0.39 is 12.3 Å². The zero-order valence-corrected chi connectivity index (χ0v) is 12.7. The van der Waals surface area contributed by atoms with Crippen molar-refractivity contribution in [1.82, 2.24) is 0 Å². The van der Waals surface area contributed by atoms with Crippen molar-refractivity contribution >= 4 is 11.9 Å². The van der Waals surface area contributed by atoms with E-state index in [1.165, 1.54) is 19.8 Å². The molecule has 0 aliphatic carbocycles. The molecule has 0 heterocycles. The Morgan fingerprint density at radius 1 is 0.947 bits per heavy atom. The van der Waals surface area contributed by atoms with E-state index in [0.717, 1.165) is 32.1 Å². The summed E-state index contributed by atoms with van der Waals surface area (Å²) < 4.78 is 9.96. The van der Waals surface area contributed by atoms with Crippen molar-refractivity contribution in [2.75, 3.05) is 0 Å². The number of rotatable bonds is 10. The summed E-state index contributed by atoms with van der Waals surface area (Å²) in [5, 5.41) is 0. The van der Waals surface area contributed by atoms with E-state index in [0.29, 0.717) is 0 Å². The van der Waals surface area contributed by atoms with Gasteiger partial charge in [0.1, 0.15) is 0 Å². The molecule has 0 aliphatic heterocycles. The number of hydrogen-bond donors (Lipinski definition) is 0. The van der Waals surface area contributed by atoms with Crippen LogP contribution >= 0.6 is 0 Å². The van der Waals surface area contributed by atoms with Crippen LogP contribution < -0.4 is 0 Å². The zero-order chi connectivity index (χ0) is 14.7. The lowest BCUT2D eigenvalue weighted by Crippen LogP contribution is -2.25. The van der Waals surface area contributed by atoms with Gasteiger partial charge >= 0.3 is 11.9 Å². The van der Waals surface area contributed by atoms with E-state index in [9.17, 15) is 9.59 Å². The summed E-state index contributed by atoms with van der Waals surface area (Å²) >= 11 is 0. The third kappa shape index (κ3) is 9.51. The fourth-order valence-electron chi connectivity index (χ4n) is 2.06. The standard InChI is InChI=1S/C15H28O4/c1-5-7-8-9-11-14(10-6-2)15(17)19-13(4)18-12(3)16/h13-14H,5-11H2,1-4H3/t13?,14-/m1/s1. The third-order valence-electron chi connectivity index (χ3n) is 2.99. The van der Waals surface area contributed by atoms with E-state index in [1.807, 2.05) is 0 Å². The molecule has 0 saturated carbocycles. The van der Waals surface area contributed by atoms with Crippen molar-refractivity contribution < 1.29 is 19.1 Å². The molecule has 0 aromatic carbocycles. The normalized spacial score (nSPS) is 13.7. The number of unbranched alkanes of at least 4 members (excludes halogenated alkanes) is 3. The van der Waals surface area contributed by atoms with Gasteiger partial charge in [0.05, 0.1) is 5.92 Å². The molecule has 2 atom stereocenters. The van der Waals surface area contributed by atoms with E-state index >= 15 is 0 Å². The maximum atomic E-state index is 12.0. The highest BCUT2D eigenvalue weighted by Gasteiger charge is 2.21. The highest BCUT2D eigenvalue weighted by atomic mass is 16.7. The average molecular weight is 272 g/mol. The summed E-state index contributed by atoms with van der Waals surface area (Å²) in [7, 11) is 0. The highest BCUT2D eigenvalue weighted by Crippen LogP contribution is 2.18. The van der Waals surface area contributed by atoms with Gasteiger partial charge in [0.25, 0.3) is 0 Å². The van der Waals surface area contributed by atoms with Crippen molar-refractivity contribution in [1.29, 1.82) is 0 Å². The van der Waals surface area contributed by atoms with Gasteiger partial charge in [0.2, 0.25) is 6.29 Å². The molecule has 0 fully saturated rings. The molecule has 19 heavy (non-hydrogen) atoms. The van der Waals surface area contributed by atoms with Crippen LogP contribution in [0.1, 0.15) is 72.6 Å². The molecule has 112 valence electrons. The largest absolute Gasteiger partial charge is 0.426 e. The first-order chi connectivity index (χ1) is 9.01. The molecule has 0 spiro atoms. The first-order valence-corrected chi connectivity index (χ1v) is 7.38. The van der Waals surface area contributed by atoms with Gasteiger partial charge in [-0.15, -0.1) is 0 Å². The highest BCUT2D eigenvalue weighted by molar-refractivity contribution is 5.73. The lowest BCUT2D eigenvalue weighted by molar-refractivity contribution is -0.186. The van der Waals surface area contributed by atoms with Crippen LogP contribution in [0.5, 0.6) is 0 Å². The Hall–Kier alpha value is -1.06. The van der Waals surface area contributed by atoms with E-state index in [2.05, 4.69) is 13.8 Å². The zero-order valence-electron chi connectivity index (χ0n) is 12.7. The minimum Gasteiger partial charge on any atom is -0.426 e. The monoisotopic (exact) mass is 272 g/mol. The molecular formula is C15H28O4. The minimum absolute atomic E-state index is 0.0696. The van der Waals surface area contributed by atoms with Crippen molar-refractivity contribution in [3.63, 3.8) is 0 Å². The van der Waals surface area contributed by atoms with Crippen LogP contribution in [0.2, 0.25) is 0 Å². The van der Waals surface area contributed by atoms with Gasteiger partial charge in [-0.3, -0.25) is 9.59 Å². The molecule has 0 aromatic heterocycles. The van der Waals surface area contributed by atoms with Crippen molar-refractivity contribution in [2.24, 2.45) is 5.92 Å². The summed E-state index contributed by atoms with van der Waals surface area (Å²) in [6.07, 6.45) is 6.45. The number of carbonyl (C=O) groups excluding carboxylic acids is 2. The first kappa shape index (κ1) is 17.9. The Morgan fingerprint density at radius 3 is 2.16 bits per heavy atom. The predicted octanol–water partition coefficient (Wildman–Crippen LogP) is 3.83. The fraction of sp³-hybridized carbons (Fsp3) is 0.867. The van der Waals surface area contributed by atoms with Gasteiger partial charge in [0.15, 0.2) is 0 Å². The van der Waals surface area contributed by atoms with Crippen LogP contribution in [0.15, 0.2) is 0 Å². The number of hydrogen-bond acceptors (Lipinski definition) is 4. The Kier molecular flexibility index (Phi) is 10.2. The quantitative estimate of drug-likeness (QED) is 0.344. The van der Waals surface area contributed by atoms with Crippen LogP contribution in [0.25, 0.3) is 0 Å². The Labute approximate surface area is 116 Å². The van der Waals surface area contributed by atoms with Gasteiger partial charge in [0, 0.05) is 13.8 Å². The minimum atomic E-state index is -0.792. The topological polar surface area (TPSA) is 52.6 Å². The number of ether oxygens (including phenoxy) is 2. The fourth-order valence-corrected chi connectivity index (χ4v) is 2.06. The smallest absolute Gasteiger partial charge is 0.311 e. The van der Waals surface area contributed by atoms with Gasteiger partial charge in [-0.2, -0.15) is 0 Å². The SMILES string of the molecule is CCCCCC[C@@H](CCC)C(=O)OC(C)OC(C)=O. The molecular weight excluding hydrogens is 244 g/mol. The average Bonchev–Trinajstić information content (AvgIpc) is 2.31. The summed E-state index contributed by atoms with van der Waals surface area (Å²) in [5.74, 6) is -0.748. The molecule has 4 heteroatoms. The number of carbonyl (C=O) groups is 2. The van der Waals surface area contributed by atoms with Crippen LogP contribution in [-0.4, -0.2) is 18.2 Å². The second-order valence-corrected chi connectivity index (χ2v) is 4.95. The summed E-state index contributed by atoms with van der Waals surface area (Å²) in [5.41, 5.74) is 0. The predicted molar refractivity (Wildman–Crippen MR) is 74.5 cm³/mol. The Balaban J connectivity index is 4.12. The van der Waals surface area contributed by atoms with Gasteiger partial charge in [-0.25, -0.2) is 0 Å². The third-order valence-corrected chi connectivity index (χ3v) is 2.99. The maximum Gasteiger partial charge on any atom is 0.311 e. The molecule has 0 amide bonds. The molecule has 4 nitrogen and oxygen atoms in total. The number of esters is 2. The van der Waals surface area contributed by atoms with Crippen LogP contribution in [-0.2, 0) is 19.1 Å². The lowest BCUT2D eigenvalue weighted by Gasteiger charge is -2.18. The van der Waals surface area contributed by atoms with Gasteiger partial charge < -0.3 is 9.47 Å². The molecule has 0 radical (unpaired) electrons. The van der Waals surface area contributed by atoms with E-state index in [-0.39, 0.29) is 11.9 Å². The summed E-state index contributed by atoms with van der Waals surface area (Å²) in [6, 6.07) is 0. The second kappa shape index (κ2) is 10.8. The second-order valence-electron chi connectivity index (χ2n) is 4.95. The van der Waals surface area contributed by atoms with Crippen LogP contribution in [0.4, 0.5) is 0 Å². The summed E-state index contributed by atoms with van der Waals surface area (Å²) in [6.45, 7) is 7.10. The molecule has 0 saturated heterocycles. The molecule has 0 rings (SSSR count). The Morgan fingerprint density at radius 2 is 1.63 bits per heavy atom. The van der Waals surface area contributed by atoms with E-state index in [1.54, 1.807) is 6.92 Å². The molecule has 0 aliphatic rings. The Bertz CT molecular complexity index is 263. The van der Waals surface area contributed by atoms with Crippen molar-refractivity contribution in [3.8, 4) is 0 Å². The van der Waals surface area contributed by atoms with Crippen molar-refractivity contribution in [2.45, 2.75) is 78.9 Å². The van der Waals surface area contributed by atoms with Gasteiger partial charge in [-0.05, 0) is 12.8 Å². The van der Waals surface area contributed by atoms with Crippen molar-refractivity contribution in [3.05, 3.63) is 0 Å². The molecule has 0 N–H and O–H groups in total. The van der Waals surface area contributed by atoms with Crippen LogP contribution in [0, 0.1) is 5.92 Å².